The largest absolute Gasteiger partial charge is 0.380 e. The lowest BCUT2D eigenvalue weighted by Crippen LogP contribution is -2.17. The summed E-state index contributed by atoms with van der Waals surface area (Å²) >= 11 is 6.09. The van der Waals surface area contributed by atoms with Crippen LogP contribution < -0.4 is 5.32 Å². The summed E-state index contributed by atoms with van der Waals surface area (Å²) in [5, 5.41) is 12.6. The number of nitriles is 1. The summed E-state index contributed by atoms with van der Waals surface area (Å²) in [6, 6.07) is 8.22. The van der Waals surface area contributed by atoms with Crippen LogP contribution in [0.1, 0.15) is 25.3 Å². The molecule has 1 N–H and O–H groups in total. The standard InChI is InChI=1S/C12H15ClN2/c1-3-10(6-7-14)15-12-5-4-9(2)8-11(12)13/h4-5,8,10,15H,3,6H2,1-2H3. The van der Waals surface area contributed by atoms with Gasteiger partial charge in [0.25, 0.3) is 0 Å². The van der Waals surface area contributed by atoms with Crippen molar-refractivity contribution >= 4 is 17.3 Å². The van der Waals surface area contributed by atoms with E-state index in [0.29, 0.717) is 11.4 Å². The Kier molecular flexibility index (Phi) is 4.45. The van der Waals surface area contributed by atoms with E-state index in [2.05, 4.69) is 18.3 Å². The van der Waals surface area contributed by atoms with Gasteiger partial charge in [0.1, 0.15) is 0 Å². The van der Waals surface area contributed by atoms with Gasteiger partial charge in [0.15, 0.2) is 0 Å². The normalized spacial score (nSPS) is 11.9. The number of benzene rings is 1. The molecule has 0 saturated carbocycles. The highest BCUT2D eigenvalue weighted by Gasteiger charge is 2.07. The molecule has 0 amide bonds. The van der Waals surface area contributed by atoms with E-state index in [4.69, 9.17) is 16.9 Å². The molecule has 1 aromatic carbocycles. The molecule has 1 unspecified atom stereocenters. The number of rotatable bonds is 4. The molecule has 1 aromatic rings. The first kappa shape index (κ1) is 11.9. The Morgan fingerprint density at radius 1 is 1.53 bits per heavy atom. The summed E-state index contributed by atoms with van der Waals surface area (Å²) in [6.07, 6.45) is 1.42. The minimum atomic E-state index is 0.176. The molecule has 0 saturated heterocycles. The number of nitrogens with zero attached hydrogens (tertiary/aromatic N) is 1. The topological polar surface area (TPSA) is 35.8 Å². The van der Waals surface area contributed by atoms with Crippen LogP contribution >= 0.6 is 11.6 Å². The Balaban J connectivity index is 2.75. The van der Waals surface area contributed by atoms with Crippen LogP contribution in [0, 0.1) is 18.3 Å². The SMILES string of the molecule is CCC(CC#N)Nc1ccc(C)cc1Cl. The summed E-state index contributed by atoms with van der Waals surface area (Å²) < 4.78 is 0. The zero-order chi connectivity index (χ0) is 11.3. The summed E-state index contributed by atoms with van der Waals surface area (Å²) in [7, 11) is 0. The predicted octanol–water partition coefficient (Wildman–Crippen LogP) is 3.75. The van der Waals surface area contributed by atoms with Crippen molar-refractivity contribution < 1.29 is 0 Å². The minimum absolute atomic E-state index is 0.176. The van der Waals surface area contributed by atoms with Crippen molar-refractivity contribution in [1.82, 2.24) is 0 Å². The third-order valence-corrected chi connectivity index (χ3v) is 2.63. The van der Waals surface area contributed by atoms with E-state index >= 15 is 0 Å². The van der Waals surface area contributed by atoms with Crippen molar-refractivity contribution in [3.63, 3.8) is 0 Å². The van der Waals surface area contributed by atoms with E-state index in [1.165, 1.54) is 0 Å². The fraction of sp³-hybridized carbons (Fsp3) is 0.417. The molecule has 0 spiro atoms. The van der Waals surface area contributed by atoms with Gasteiger partial charge in [-0.05, 0) is 31.0 Å². The fourth-order valence-electron chi connectivity index (χ4n) is 1.36. The van der Waals surface area contributed by atoms with Gasteiger partial charge in [-0.15, -0.1) is 0 Å². The van der Waals surface area contributed by atoms with Gasteiger partial charge in [-0.1, -0.05) is 24.6 Å². The molecule has 15 heavy (non-hydrogen) atoms. The third-order valence-electron chi connectivity index (χ3n) is 2.31. The van der Waals surface area contributed by atoms with Crippen LogP contribution in [0.25, 0.3) is 0 Å². The van der Waals surface area contributed by atoms with Gasteiger partial charge in [-0.25, -0.2) is 0 Å². The second kappa shape index (κ2) is 5.63. The molecule has 0 aliphatic carbocycles. The van der Waals surface area contributed by atoms with Crippen LogP contribution in [0.3, 0.4) is 0 Å². The van der Waals surface area contributed by atoms with Gasteiger partial charge < -0.3 is 5.32 Å². The Morgan fingerprint density at radius 3 is 2.80 bits per heavy atom. The molecule has 3 heteroatoms. The summed E-state index contributed by atoms with van der Waals surface area (Å²) in [5.74, 6) is 0. The number of anilines is 1. The molecule has 0 heterocycles. The van der Waals surface area contributed by atoms with Crippen molar-refractivity contribution in [3.8, 4) is 6.07 Å². The van der Waals surface area contributed by atoms with Gasteiger partial charge >= 0.3 is 0 Å². The molecule has 0 aliphatic rings. The molecule has 0 aromatic heterocycles. The molecule has 0 bridgehead atoms. The van der Waals surface area contributed by atoms with Gasteiger partial charge in [0.05, 0.1) is 23.2 Å². The van der Waals surface area contributed by atoms with Crippen LogP contribution in [-0.4, -0.2) is 6.04 Å². The zero-order valence-corrected chi connectivity index (χ0v) is 9.80. The highest BCUT2D eigenvalue weighted by Crippen LogP contribution is 2.24. The van der Waals surface area contributed by atoms with Crippen molar-refractivity contribution in [3.05, 3.63) is 28.8 Å². The minimum Gasteiger partial charge on any atom is -0.380 e. The van der Waals surface area contributed by atoms with Crippen molar-refractivity contribution in [2.45, 2.75) is 32.7 Å². The van der Waals surface area contributed by atoms with E-state index in [9.17, 15) is 0 Å². The van der Waals surface area contributed by atoms with Crippen molar-refractivity contribution in [1.29, 1.82) is 5.26 Å². The third kappa shape index (κ3) is 3.45. The van der Waals surface area contributed by atoms with E-state index in [1.807, 2.05) is 25.1 Å². The number of hydrogen-bond acceptors (Lipinski definition) is 2. The second-order valence-electron chi connectivity index (χ2n) is 3.60. The number of hydrogen-bond donors (Lipinski definition) is 1. The smallest absolute Gasteiger partial charge is 0.0643 e. The maximum atomic E-state index is 8.64. The van der Waals surface area contributed by atoms with Gasteiger partial charge in [-0.3, -0.25) is 0 Å². The molecule has 0 aliphatic heterocycles. The van der Waals surface area contributed by atoms with Crippen molar-refractivity contribution in [2.24, 2.45) is 0 Å². The quantitative estimate of drug-likeness (QED) is 0.842. The molecular formula is C12H15ClN2. The molecular weight excluding hydrogens is 208 g/mol. The van der Waals surface area contributed by atoms with Gasteiger partial charge in [-0.2, -0.15) is 5.26 Å². The Hall–Kier alpha value is -1.20. The molecule has 2 nitrogen and oxygen atoms in total. The summed E-state index contributed by atoms with van der Waals surface area (Å²) in [6.45, 7) is 4.05. The van der Waals surface area contributed by atoms with E-state index in [-0.39, 0.29) is 6.04 Å². The maximum Gasteiger partial charge on any atom is 0.0643 e. The highest BCUT2D eigenvalue weighted by atomic mass is 35.5. The second-order valence-corrected chi connectivity index (χ2v) is 4.00. The Bertz CT molecular complexity index is 368. The first-order valence-corrected chi connectivity index (χ1v) is 5.44. The predicted molar refractivity (Wildman–Crippen MR) is 64.1 cm³/mol. The van der Waals surface area contributed by atoms with E-state index in [1.54, 1.807) is 0 Å². The average Bonchev–Trinajstić information content (AvgIpc) is 2.21. The molecule has 0 radical (unpaired) electrons. The lowest BCUT2D eigenvalue weighted by molar-refractivity contribution is 0.711. The van der Waals surface area contributed by atoms with Crippen LogP contribution in [-0.2, 0) is 0 Å². The molecule has 80 valence electrons. The molecule has 1 atom stereocenters. The Morgan fingerprint density at radius 2 is 2.27 bits per heavy atom. The van der Waals surface area contributed by atoms with Crippen molar-refractivity contribution in [2.75, 3.05) is 5.32 Å². The zero-order valence-electron chi connectivity index (χ0n) is 9.05. The van der Waals surface area contributed by atoms with Gasteiger partial charge in [0, 0.05) is 6.04 Å². The lowest BCUT2D eigenvalue weighted by atomic mass is 10.1. The molecule has 0 fully saturated rings. The lowest BCUT2D eigenvalue weighted by Gasteiger charge is -2.16. The first-order chi connectivity index (χ1) is 7.17. The number of nitrogens with one attached hydrogen (secondary N) is 1. The first-order valence-electron chi connectivity index (χ1n) is 5.07. The highest BCUT2D eigenvalue weighted by molar-refractivity contribution is 6.33. The van der Waals surface area contributed by atoms with E-state index < -0.39 is 0 Å². The summed E-state index contributed by atoms with van der Waals surface area (Å²) in [5.41, 5.74) is 2.04. The van der Waals surface area contributed by atoms with Crippen LogP contribution in [0.4, 0.5) is 5.69 Å². The van der Waals surface area contributed by atoms with Crippen LogP contribution in [0.2, 0.25) is 5.02 Å². The average molecular weight is 223 g/mol. The van der Waals surface area contributed by atoms with Gasteiger partial charge in [0.2, 0.25) is 0 Å². The maximum absolute atomic E-state index is 8.64. The number of aryl methyl sites for hydroxylation is 1. The summed E-state index contributed by atoms with van der Waals surface area (Å²) in [4.78, 5) is 0. The van der Waals surface area contributed by atoms with E-state index in [0.717, 1.165) is 17.7 Å². The number of halogens is 1. The van der Waals surface area contributed by atoms with Crippen LogP contribution in [0.5, 0.6) is 0 Å². The monoisotopic (exact) mass is 222 g/mol. The molecule has 1 rings (SSSR count). The fourth-order valence-corrected chi connectivity index (χ4v) is 1.65. The Labute approximate surface area is 95.9 Å². The van der Waals surface area contributed by atoms with Crippen LogP contribution in [0.15, 0.2) is 18.2 Å².